The molecule has 4 heterocycles. The van der Waals surface area contributed by atoms with Gasteiger partial charge in [0.2, 0.25) is 0 Å². The van der Waals surface area contributed by atoms with E-state index in [9.17, 15) is 5.11 Å². The van der Waals surface area contributed by atoms with Gasteiger partial charge < -0.3 is 19.5 Å². The molecule has 2 atom stereocenters. The Morgan fingerprint density at radius 3 is 2.67 bits per heavy atom. The highest BCUT2D eigenvalue weighted by atomic mass is 16.3. The number of aromatic nitrogens is 4. The van der Waals surface area contributed by atoms with Crippen LogP contribution in [0.3, 0.4) is 0 Å². The second-order valence-corrected chi connectivity index (χ2v) is 10.0. The third-order valence-corrected chi connectivity index (χ3v) is 7.69. The van der Waals surface area contributed by atoms with E-state index in [0.717, 1.165) is 61.6 Å². The zero-order valence-electron chi connectivity index (χ0n) is 20.3. The van der Waals surface area contributed by atoms with Crippen molar-refractivity contribution >= 4 is 17.1 Å². The number of aliphatic hydroxyl groups excluding tert-OH is 1. The molecule has 176 valence electrons. The maximum Gasteiger partial charge on any atom is 0.197 e. The number of piperidine rings is 1. The predicted molar refractivity (Wildman–Crippen MR) is 132 cm³/mol. The van der Waals surface area contributed by atoms with Crippen molar-refractivity contribution in [2.75, 3.05) is 44.2 Å². The number of imidazole rings is 1. The van der Waals surface area contributed by atoms with Gasteiger partial charge in [0.15, 0.2) is 11.3 Å². The molecule has 2 aliphatic heterocycles. The summed E-state index contributed by atoms with van der Waals surface area (Å²) in [6, 6.07) is 6.79. The zero-order chi connectivity index (χ0) is 23.1. The molecule has 2 aromatic heterocycles. The average molecular weight is 449 g/mol. The van der Waals surface area contributed by atoms with E-state index in [4.69, 9.17) is 9.97 Å². The number of benzene rings is 1. The molecule has 0 aliphatic carbocycles. The first-order valence-corrected chi connectivity index (χ1v) is 12.3. The lowest BCUT2D eigenvalue weighted by Crippen LogP contribution is -2.54. The van der Waals surface area contributed by atoms with E-state index >= 15 is 0 Å². The van der Waals surface area contributed by atoms with Crippen LogP contribution < -0.4 is 4.90 Å². The maximum atomic E-state index is 9.28. The number of nitrogens with zero attached hydrogens (tertiary/aromatic N) is 6. The molecule has 0 saturated carbocycles. The second-order valence-electron chi connectivity index (χ2n) is 10.0. The molecule has 1 aromatic carbocycles. The van der Waals surface area contributed by atoms with Gasteiger partial charge in [-0.2, -0.15) is 0 Å². The van der Waals surface area contributed by atoms with E-state index in [1.807, 2.05) is 13.1 Å². The molecule has 7 nitrogen and oxygen atoms in total. The minimum Gasteiger partial charge on any atom is -0.395 e. The van der Waals surface area contributed by atoms with E-state index in [1.165, 1.54) is 29.5 Å². The van der Waals surface area contributed by atoms with E-state index in [-0.39, 0.29) is 12.6 Å². The van der Waals surface area contributed by atoms with Crippen molar-refractivity contribution in [1.29, 1.82) is 0 Å². The van der Waals surface area contributed by atoms with Crippen LogP contribution in [-0.4, -0.2) is 68.9 Å². The number of β-amino-alcohol motifs (C(OH)–C–C–N with tert-alkyl or cyclic N) is 1. The van der Waals surface area contributed by atoms with Crippen molar-refractivity contribution in [3.05, 3.63) is 46.9 Å². The first kappa shape index (κ1) is 22.3. The summed E-state index contributed by atoms with van der Waals surface area (Å²) in [5, 5.41) is 9.28. The number of fused-ring (bicyclic) bond motifs is 1. The quantitative estimate of drug-likeness (QED) is 0.622. The SMILES string of the molecule is Cc1ccc([C@@H](C)n2c(C)nc3ncc(N4CC([C@H]5CCCN(CCO)C5)C4)nc32)c(C)c1. The minimum atomic E-state index is 0.143. The number of aliphatic hydroxyl groups is 1. The van der Waals surface area contributed by atoms with Crippen molar-refractivity contribution in [2.45, 2.75) is 46.6 Å². The first-order valence-electron chi connectivity index (χ1n) is 12.3. The fraction of sp³-hybridized carbons (Fsp3) is 0.577. The Kier molecular flexibility index (Phi) is 6.10. The molecule has 0 amide bonds. The van der Waals surface area contributed by atoms with Gasteiger partial charge in [-0.3, -0.25) is 0 Å². The first-order chi connectivity index (χ1) is 15.9. The summed E-state index contributed by atoms with van der Waals surface area (Å²) in [6.07, 6.45) is 4.42. The molecule has 0 spiro atoms. The van der Waals surface area contributed by atoms with Crippen LogP contribution in [0, 0.1) is 32.6 Å². The highest BCUT2D eigenvalue weighted by molar-refractivity contribution is 5.69. The summed E-state index contributed by atoms with van der Waals surface area (Å²) in [6.45, 7) is 14.0. The number of rotatable bonds is 6. The Balaban J connectivity index is 1.35. The van der Waals surface area contributed by atoms with Crippen LogP contribution in [-0.2, 0) is 0 Å². The van der Waals surface area contributed by atoms with Crippen molar-refractivity contribution in [1.82, 2.24) is 24.4 Å². The van der Waals surface area contributed by atoms with Gasteiger partial charge in [0.1, 0.15) is 11.6 Å². The van der Waals surface area contributed by atoms with Gasteiger partial charge in [-0.1, -0.05) is 23.8 Å². The highest BCUT2D eigenvalue weighted by Crippen LogP contribution is 2.34. The fourth-order valence-electron chi connectivity index (χ4n) is 5.83. The number of anilines is 1. The smallest absolute Gasteiger partial charge is 0.197 e. The molecular weight excluding hydrogens is 412 g/mol. The van der Waals surface area contributed by atoms with Gasteiger partial charge in [0.05, 0.1) is 18.8 Å². The summed E-state index contributed by atoms with van der Waals surface area (Å²) in [5.41, 5.74) is 5.46. The Labute approximate surface area is 196 Å². The van der Waals surface area contributed by atoms with Crippen molar-refractivity contribution < 1.29 is 5.11 Å². The molecule has 2 fully saturated rings. The topological polar surface area (TPSA) is 70.3 Å². The molecule has 0 unspecified atom stereocenters. The van der Waals surface area contributed by atoms with Crippen molar-refractivity contribution in [3.63, 3.8) is 0 Å². The molecule has 33 heavy (non-hydrogen) atoms. The molecule has 7 heteroatoms. The van der Waals surface area contributed by atoms with Gasteiger partial charge in [0, 0.05) is 26.2 Å². The summed E-state index contributed by atoms with van der Waals surface area (Å²) < 4.78 is 2.23. The van der Waals surface area contributed by atoms with Crippen molar-refractivity contribution in [3.8, 4) is 0 Å². The normalized spacial score (nSPS) is 20.9. The summed E-state index contributed by atoms with van der Waals surface area (Å²) in [4.78, 5) is 19.2. The summed E-state index contributed by atoms with van der Waals surface area (Å²) in [7, 11) is 0. The third kappa shape index (κ3) is 4.24. The maximum absolute atomic E-state index is 9.28. The average Bonchev–Trinajstić information content (AvgIpc) is 3.08. The van der Waals surface area contributed by atoms with Gasteiger partial charge in [-0.15, -0.1) is 0 Å². The Hall–Kier alpha value is -2.51. The zero-order valence-corrected chi connectivity index (χ0v) is 20.3. The number of hydrogen-bond acceptors (Lipinski definition) is 6. The predicted octanol–water partition coefficient (Wildman–Crippen LogP) is 3.50. The molecule has 2 aliphatic rings. The minimum absolute atomic E-state index is 0.143. The van der Waals surface area contributed by atoms with E-state index in [2.05, 4.69) is 58.3 Å². The molecule has 3 aromatic rings. The Morgan fingerprint density at radius 1 is 1.09 bits per heavy atom. The monoisotopic (exact) mass is 448 g/mol. The molecular formula is C26H36N6O. The van der Waals surface area contributed by atoms with Gasteiger partial charge in [-0.25, -0.2) is 15.0 Å². The van der Waals surface area contributed by atoms with Gasteiger partial charge >= 0.3 is 0 Å². The van der Waals surface area contributed by atoms with E-state index in [1.54, 1.807) is 0 Å². The lowest BCUT2D eigenvalue weighted by molar-refractivity contribution is 0.101. The van der Waals surface area contributed by atoms with Gasteiger partial charge in [0.25, 0.3) is 0 Å². The van der Waals surface area contributed by atoms with Crippen LogP contribution in [0.4, 0.5) is 5.82 Å². The summed E-state index contributed by atoms with van der Waals surface area (Å²) in [5.74, 6) is 3.32. The standard InChI is InChI=1S/C26H36N6O/c1-17-7-8-23(18(2)12-17)19(3)32-20(4)28-25-26(32)29-24(13-27-25)31-15-22(16-31)21-6-5-9-30(14-21)10-11-33/h7-8,12-13,19,21-22,33H,5-6,9-11,14-16H2,1-4H3/t19-,21+/m1/s1. The van der Waals surface area contributed by atoms with Crippen molar-refractivity contribution in [2.24, 2.45) is 11.8 Å². The Bertz CT molecular complexity index is 1130. The fourth-order valence-corrected chi connectivity index (χ4v) is 5.83. The largest absolute Gasteiger partial charge is 0.395 e. The number of likely N-dealkylation sites (tertiary alicyclic amines) is 1. The van der Waals surface area contributed by atoms with E-state index in [0.29, 0.717) is 5.92 Å². The molecule has 0 radical (unpaired) electrons. The molecule has 5 rings (SSSR count). The third-order valence-electron chi connectivity index (χ3n) is 7.69. The molecule has 2 saturated heterocycles. The van der Waals surface area contributed by atoms with Crippen LogP contribution in [0.15, 0.2) is 24.4 Å². The van der Waals surface area contributed by atoms with Crippen LogP contribution in [0.5, 0.6) is 0 Å². The lowest BCUT2D eigenvalue weighted by atomic mass is 9.80. The molecule has 0 bridgehead atoms. The lowest BCUT2D eigenvalue weighted by Gasteiger charge is -2.47. The van der Waals surface area contributed by atoms with Gasteiger partial charge in [-0.05, 0) is 70.0 Å². The van der Waals surface area contributed by atoms with Crippen LogP contribution in [0.2, 0.25) is 0 Å². The highest BCUT2D eigenvalue weighted by Gasteiger charge is 2.36. The number of aryl methyl sites for hydroxylation is 3. The summed E-state index contributed by atoms with van der Waals surface area (Å²) >= 11 is 0. The second kappa shape index (κ2) is 9.03. The van der Waals surface area contributed by atoms with Crippen LogP contribution in [0.25, 0.3) is 11.3 Å². The van der Waals surface area contributed by atoms with E-state index < -0.39 is 0 Å². The number of hydrogen-bond donors (Lipinski definition) is 1. The van der Waals surface area contributed by atoms with Crippen LogP contribution in [0.1, 0.15) is 48.3 Å². The van der Waals surface area contributed by atoms with Crippen LogP contribution >= 0.6 is 0 Å². The Morgan fingerprint density at radius 2 is 1.91 bits per heavy atom. The molecule has 1 N–H and O–H groups in total.